The average molecular weight is 561 g/mol. The van der Waals surface area contributed by atoms with Crippen LogP contribution >= 0.6 is 23.4 Å². The summed E-state index contributed by atoms with van der Waals surface area (Å²) >= 11 is 7.02. The lowest BCUT2D eigenvalue weighted by Gasteiger charge is -2.14. The number of hydrogen-bond donors (Lipinski definition) is 3. The first-order chi connectivity index (χ1) is 17.5. The highest BCUT2D eigenvalue weighted by atomic mass is 35.5. The average Bonchev–Trinajstić information content (AvgIpc) is 3.12. The molecular weight excluding hydrogens is 543 g/mol. The van der Waals surface area contributed by atoms with Gasteiger partial charge in [0.25, 0.3) is 11.8 Å². The van der Waals surface area contributed by atoms with Crippen molar-refractivity contribution in [2.45, 2.75) is 4.90 Å². The van der Waals surface area contributed by atoms with Crippen LogP contribution in [0.4, 0.5) is 15.8 Å². The van der Waals surface area contributed by atoms with Crippen LogP contribution in [-0.2, 0) is 19.6 Å². The van der Waals surface area contributed by atoms with Gasteiger partial charge in [-0.1, -0.05) is 11.6 Å². The molecule has 190 valence electrons. The number of carbonyl (C=O) groups excluding carboxylic acids is 2. The maximum atomic E-state index is 13.1. The number of carbonyl (C=O) groups is 2. The summed E-state index contributed by atoms with van der Waals surface area (Å²) in [7, 11) is -3.91. The summed E-state index contributed by atoms with van der Waals surface area (Å²) in [5.41, 5.74) is 1.09. The Morgan fingerprint density at radius 2 is 1.81 bits per heavy atom. The van der Waals surface area contributed by atoms with Crippen LogP contribution < -0.4 is 20.1 Å². The van der Waals surface area contributed by atoms with Gasteiger partial charge < -0.3 is 10.1 Å². The number of hydrogen-bond acceptors (Lipinski definition) is 7. The van der Waals surface area contributed by atoms with Crippen molar-refractivity contribution in [3.63, 3.8) is 0 Å². The molecule has 3 aromatic carbocycles. The molecular formula is C24H18ClFN4O5S2. The highest BCUT2D eigenvalue weighted by Gasteiger charge is 2.34. The summed E-state index contributed by atoms with van der Waals surface area (Å²) in [5, 5.41) is 16.2. The normalized spacial score (nSPS) is 14.8. The second-order valence-corrected chi connectivity index (χ2v) is 10.6. The van der Waals surface area contributed by atoms with Crippen molar-refractivity contribution in [2.24, 2.45) is 5.14 Å². The first-order valence-electron chi connectivity index (χ1n) is 10.4. The maximum absolute atomic E-state index is 13.1. The van der Waals surface area contributed by atoms with Crippen molar-refractivity contribution in [3.05, 3.63) is 88.0 Å². The molecule has 1 saturated heterocycles. The number of halogens is 2. The minimum atomic E-state index is -3.91. The van der Waals surface area contributed by atoms with Gasteiger partial charge in [-0.15, -0.1) is 0 Å². The van der Waals surface area contributed by atoms with Gasteiger partial charge in [-0.25, -0.2) is 17.9 Å². The molecule has 4 N–H and O–H groups in total. The first kappa shape index (κ1) is 26.4. The van der Waals surface area contributed by atoms with E-state index in [4.69, 9.17) is 26.9 Å². The van der Waals surface area contributed by atoms with Crippen LogP contribution in [-0.4, -0.2) is 32.0 Å². The number of benzene rings is 3. The largest absolute Gasteiger partial charge is 0.483 e. The Morgan fingerprint density at radius 3 is 2.46 bits per heavy atom. The van der Waals surface area contributed by atoms with Crippen LogP contribution in [0, 0.1) is 11.2 Å². The van der Waals surface area contributed by atoms with Crippen LogP contribution in [0.2, 0.25) is 5.02 Å². The molecule has 0 aromatic heterocycles. The van der Waals surface area contributed by atoms with Crippen molar-refractivity contribution < 1.29 is 27.1 Å². The lowest BCUT2D eigenvalue weighted by Crippen LogP contribution is -2.28. The lowest BCUT2D eigenvalue weighted by molar-refractivity contribution is -0.118. The quantitative estimate of drug-likeness (QED) is 0.370. The second kappa shape index (κ2) is 10.7. The monoisotopic (exact) mass is 560 g/mol. The van der Waals surface area contributed by atoms with E-state index in [9.17, 15) is 22.4 Å². The fourth-order valence-electron chi connectivity index (χ4n) is 3.28. The zero-order valence-electron chi connectivity index (χ0n) is 18.8. The lowest BCUT2D eigenvalue weighted by atomic mass is 10.1. The fourth-order valence-corrected chi connectivity index (χ4v) is 4.83. The predicted molar refractivity (Wildman–Crippen MR) is 141 cm³/mol. The topological polar surface area (TPSA) is 143 Å². The van der Waals surface area contributed by atoms with Crippen LogP contribution in [0.3, 0.4) is 0 Å². The van der Waals surface area contributed by atoms with Crippen molar-refractivity contribution in [1.29, 1.82) is 5.41 Å². The third kappa shape index (κ3) is 6.35. The number of sulfonamides is 1. The Labute approximate surface area is 220 Å². The van der Waals surface area contributed by atoms with Gasteiger partial charge in [0, 0.05) is 16.3 Å². The van der Waals surface area contributed by atoms with Crippen LogP contribution in [0.15, 0.2) is 76.5 Å². The molecule has 0 spiro atoms. The number of thioether (sulfide) groups is 1. The van der Waals surface area contributed by atoms with E-state index in [0.29, 0.717) is 22.0 Å². The highest BCUT2D eigenvalue weighted by molar-refractivity contribution is 8.19. The molecule has 0 radical (unpaired) electrons. The molecule has 1 heterocycles. The van der Waals surface area contributed by atoms with Gasteiger partial charge in [-0.2, -0.15) is 0 Å². The van der Waals surface area contributed by atoms with Crippen molar-refractivity contribution in [2.75, 3.05) is 16.8 Å². The second-order valence-electron chi connectivity index (χ2n) is 7.62. The molecule has 1 aliphatic rings. The Morgan fingerprint density at radius 1 is 1.14 bits per heavy atom. The van der Waals surface area contributed by atoms with E-state index in [0.717, 1.165) is 16.7 Å². The van der Waals surface area contributed by atoms with Crippen molar-refractivity contribution in [1.82, 2.24) is 0 Å². The number of anilines is 2. The number of ether oxygens (including phenoxy) is 1. The zero-order chi connectivity index (χ0) is 26.7. The van der Waals surface area contributed by atoms with Gasteiger partial charge in [-0.3, -0.25) is 19.9 Å². The van der Waals surface area contributed by atoms with E-state index in [1.807, 2.05) is 0 Å². The number of nitrogens with zero attached hydrogens (tertiary/aromatic N) is 1. The Balaban J connectivity index is 1.52. The van der Waals surface area contributed by atoms with E-state index in [2.05, 4.69) is 5.32 Å². The van der Waals surface area contributed by atoms with Gasteiger partial charge in [0.05, 0.1) is 15.5 Å². The summed E-state index contributed by atoms with van der Waals surface area (Å²) in [4.78, 5) is 26.5. The van der Waals surface area contributed by atoms with Gasteiger partial charge in [-0.05, 0) is 84.6 Å². The number of amides is 2. The van der Waals surface area contributed by atoms with E-state index in [1.165, 1.54) is 54.6 Å². The fraction of sp³-hybridized carbons (Fsp3) is 0.0417. The smallest absolute Gasteiger partial charge is 0.271 e. The van der Waals surface area contributed by atoms with E-state index in [1.54, 1.807) is 18.2 Å². The third-order valence-corrected chi connectivity index (χ3v) is 7.04. The van der Waals surface area contributed by atoms with E-state index < -0.39 is 27.7 Å². The first-order valence-corrected chi connectivity index (χ1v) is 13.2. The summed E-state index contributed by atoms with van der Waals surface area (Å²) in [6.45, 7) is -0.366. The molecule has 0 unspecified atom stereocenters. The standard InChI is InChI=1S/C24H18ClFN4O5S2/c25-15-1-10-20(35-13-22(31)29-17-4-2-16(26)3-5-17)14(11-15)12-21-23(32)30(24(27)36-21)18-6-8-19(9-7-18)37(28,33)34/h1-12,27H,13H2,(H,29,31)(H2,28,33,34)/b21-12-,27-24?. The summed E-state index contributed by atoms with van der Waals surface area (Å²) in [6, 6.07) is 15.2. The summed E-state index contributed by atoms with van der Waals surface area (Å²) < 4.78 is 41.7. The zero-order valence-corrected chi connectivity index (χ0v) is 21.2. The van der Waals surface area contributed by atoms with Crippen molar-refractivity contribution in [3.8, 4) is 5.75 Å². The van der Waals surface area contributed by atoms with Gasteiger partial charge in [0.15, 0.2) is 11.8 Å². The Hall–Kier alpha value is -3.71. The molecule has 1 fully saturated rings. The van der Waals surface area contributed by atoms with Gasteiger partial charge >= 0.3 is 0 Å². The number of primary sulfonamides is 1. The number of nitrogens with one attached hydrogen (secondary N) is 2. The minimum Gasteiger partial charge on any atom is -0.483 e. The Bertz CT molecular complexity index is 1530. The van der Waals surface area contributed by atoms with Crippen LogP contribution in [0.25, 0.3) is 6.08 Å². The molecule has 0 bridgehead atoms. The van der Waals surface area contributed by atoms with Gasteiger partial charge in [0.1, 0.15) is 11.6 Å². The predicted octanol–water partition coefficient (Wildman–Crippen LogP) is 4.20. The van der Waals surface area contributed by atoms with Gasteiger partial charge in [0.2, 0.25) is 10.0 Å². The summed E-state index contributed by atoms with van der Waals surface area (Å²) in [6.07, 6.45) is 1.49. The molecule has 3 aromatic rings. The number of nitrogens with two attached hydrogens (primary N) is 1. The number of amidine groups is 1. The third-order valence-electron chi connectivity index (χ3n) is 4.99. The van der Waals surface area contributed by atoms with Crippen LogP contribution in [0.1, 0.15) is 5.56 Å². The molecule has 1 aliphatic heterocycles. The molecule has 4 rings (SSSR count). The maximum Gasteiger partial charge on any atom is 0.271 e. The number of rotatable bonds is 7. The molecule has 37 heavy (non-hydrogen) atoms. The van der Waals surface area contributed by atoms with Crippen molar-refractivity contribution >= 4 is 67.8 Å². The minimum absolute atomic E-state index is 0.0947. The van der Waals surface area contributed by atoms with E-state index in [-0.39, 0.29) is 27.3 Å². The SMILES string of the molecule is N=C1S/C(=C\c2cc(Cl)ccc2OCC(=O)Nc2ccc(F)cc2)C(=O)N1c1ccc(S(N)(=O)=O)cc1. The Kier molecular flexibility index (Phi) is 7.64. The molecule has 13 heteroatoms. The molecule has 0 aliphatic carbocycles. The summed E-state index contributed by atoms with van der Waals surface area (Å²) in [5.74, 6) is -1.16. The molecule has 2 amide bonds. The highest BCUT2D eigenvalue weighted by Crippen LogP contribution is 2.37. The molecule has 9 nitrogen and oxygen atoms in total. The van der Waals surface area contributed by atoms with Crippen LogP contribution in [0.5, 0.6) is 5.75 Å². The molecule has 0 atom stereocenters. The van der Waals surface area contributed by atoms with E-state index >= 15 is 0 Å². The molecule has 0 saturated carbocycles.